The number of likely N-dealkylation sites (N-methyl/N-ethyl adjacent to an activating group) is 2. The standard InChI is InChI=1S/C17H26N2O2/c1-5-19(13(2)12-20-4)11-15(18-3)17-10-14-8-6-7-9-16(14)21-17/h6-10,13,15,18H,5,11-12H2,1-4H3. The van der Waals surface area contributed by atoms with Crippen molar-refractivity contribution in [3.63, 3.8) is 0 Å². The number of nitrogens with one attached hydrogen (secondary N) is 1. The van der Waals surface area contributed by atoms with Crippen LogP contribution in [-0.2, 0) is 4.74 Å². The van der Waals surface area contributed by atoms with Gasteiger partial charge < -0.3 is 14.5 Å². The minimum absolute atomic E-state index is 0.177. The van der Waals surface area contributed by atoms with E-state index in [1.54, 1.807) is 7.11 Å². The molecule has 2 unspecified atom stereocenters. The Balaban J connectivity index is 2.14. The summed E-state index contributed by atoms with van der Waals surface area (Å²) >= 11 is 0. The minimum atomic E-state index is 0.177. The number of fused-ring (bicyclic) bond motifs is 1. The van der Waals surface area contributed by atoms with Gasteiger partial charge in [-0.25, -0.2) is 0 Å². The number of hydrogen-bond donors (Lipinski definition) is 1. The molecule has 1 aromatic carbocycles. The van der Waals surface area contributed by atoms with Gasteiger partial charge in [0, 0.05) is 25.1 Å². The van der Waals surface area contributed by atoms with E-state index < -0.39 is 0 Å². The first-order valence-electron chi connectivity index (χ1n) is 7.58. The summed E-state index contributed by atoms with van der Waals surface area (Å²) in [6, 6.07) is 10.8. The summed E-state index contributed by atoms with van der Waals surface area (Å²) in [6.45, 7) is 7.00. The van der Waals surface area contributed by atoms with Crippen LogP contribution in [0.3, 0.4) is 0 Å². The first-order chi connectivity index (χ1) is 10.2. The zero-order valence-corrected chi connectivity index (χ0v) is 13.4. The molecule has 4 nitrogen and oxygen atoms in total. The van der Waals surface area contributed by atoms with Crippen LogP contribution in [0.2, 0.25) is 0 Å². The molecule has 0 aliphatic rings. The maximum Gasteiger partial charge on any atom is 0.134 e. The van der Waals surface area contributed by atoms with Gasteiger partial charge in [0.15, 0.2) is 0 Å². The van der Waals surface area contributed by atoms with Crippen LogP contribution >= 0.6 is 0 Å². The van der Waals surface area contributed by atoms with Crippen LogP contribution < -0.4 is 5.32 Å². The Morgan fingerprint density at radius 1 is 1.33 bits per heavy atom. The number of furan rings is 1. The Kier molecular flexibility index (Phi) is 5.79. The van der Waals surface area contributed by atoms with Crippen molar-refractivity contribution in [2.75, 3.05) is 33.9 Å². The van der Waals surface area contributed by atoms with Crippen LogP contribution in [0.15, 0.2) is 34.7 Å². The molecule has 2 aromatic rings. The van der Waals surface area contributed by atoms with E-state index in [1.807, 2.05) is 25.2 Å². The van der Waals surface area contributed by atoms with Crippen LogP contribution in [-0.4, -0.2) is 44.8 Å². The largest absolute Gasteiger partial charge is 0.459 e. The Hall–Kier alpha value is -1.36. The van der Waals surface area contributed by atoms with Crippen molar-refractivity contribution >= 4 is 11.0 Å². The van der Waals surface area contributed by atoms with Gasteiger partial charge >= 0.3 is 0 Å². The molecule has 0 fully saturated rings. The molecule has 0 spiro atoms. The van der Waals surface area contributed by atoms with Crippen LogP contribution in [0, 0.1) is 0 Å². The van der Waals surface area contributed by atoms with Crippen molar-refractivity contribution in [1.82, 2.24) is 10.2 Å². The van der Waals surface area contributed by atoms with E-state index in [9.17, 15) is 0 Å². The highest BCUT2D eigenvalue weighted by Gasteiger charge is 2.20. The fourth-order valence-electron chi connectivity index (χ4n) is 2.70. The first kappa shape index (κ1) is 16.0. The van der Waals surface area contributed by atoms with E-state index in [-0.39, 0.29) is 6.04 Å². The van der Waals surface area contributed by atoms with E-state index in [4.69, 9.17) is 9.15 Å². The summed E-state index contributed by atoms with van der Waals surface area (Å²) in [5.41, 5.74) is 0.945. The number of nitrogens with zero attached hydrogens (tertiary/aromatic N) is 1. The topological polar surface area (TPSA) is 37.6 Å². The van der Waals surface area contributed by atoms with E-state index in [0.29, 0.717) is 6.04 Å². The third-order valence-corrected chi connectivity index (χ3v) is 3.99. The second kappa shape index (κ2) is 7.59. The van der Waals surface area contributed by atoms with E-state index >= 15 is 0 Å². The molecule has 2 rings (SSSR count). The van der Waals surface area contributed by atoms with Gasteiger partial charge in [-0.15, -0.1) is 0 Å². The number of benzene rings is 1. The number of ether oxygens (including phenoxy) is 1. The third-order valence-electron chi connectivity index (χ3n) is 3.99. The molecule has 0 saturated heterocycles. The molecule has 0 amide bonds. The lowest BCUT2D eigenvalue weighted by molar-refractivity contribution is 0.0945. The second-order valence-electron chi connectivity index (χ2n) is 5.42. The highest BCUT2D eigenvalue weighted by molar-refractivity contribution is 5.77. The van der Waals surface area contributed by atoms with E-state index in [1.165, 1.54) is 0 Å². The van der Waals surface area contributed by atoms with Crippen molar-refractivity contribution in [3.05, 3.63) is 36.1 Å². The molecule has 1 aromatic heterocycles. The fourth-order valence-corrected chi connectivity index (χ4v) is 2.70. The summed E-state index contributed by atoms with van der Waals surface area (Å²) in [5, 5.41) is 4.52. The summed E-state index contributed by atoms with van der Waals surface area (Å²) in [4.78, 5) is 2.40. The Morgan fingerprint density at radius 2 is 2.10 bits per heavy atom. The van der Waals surface area contributed by atoms with Crippen LogP contribution in [0.4, 0.5) is 0 Å². The van der Waals surface area contributed by atoms with Crippen molar-refractivity contribution in [3.8, 4) is 0 Å². The van der Waals surface area contributed by atoms with Gasteiger partial charge in [-0.05, 0) is 32.6 Å². The zero-order valence-electron chi connectivity index (χ0n) is 13.4. The fraction of sp³-hybridized carbons (Fsp3) is 0.529. The molecule has 2 atom stereocenters. The molecule has 0 saturated carbocycles. The van der Waals surface area contributed by atoms with E-state index in [2.05, 4.69) is 36.2 Å². The first-order valence-corrected chi connectivity index (χ1v) is 7.58. The molecule has 116 valence electrons. The smallest absolute Gasteiger partial charge is 0.134 e. The van der Waals surface area contributed by atoms with Gasteiger partial charge in [0.2, 0.25) is 0 Å². The summed E-state index contributed by atoms with van der Waals surface area (Å²) < 4.78 is 11.3. The van der Waals surface area contributed by atoms with Crippen LogP contribution in [0.25, 0.3) is 11.0 Å². The Bertz CT molecular complexity index is 519. The molecular formula is C17H26N2O2. The van der Waals surface area contributed by atoms with Crippen molar-refractivity contribution < 1.29 is 9.15 Å². The quantitative estimate of drug-likeness (QED) is 0.811. The van der Waals surface area contributed by atoms with Gasteiger partial charge in [0.05, 0.1) is 12.6 Å². The third kappa shape index (κ3) is 3.84. The molecular weight excluding hydrogens is 264 g/mol. The molecule has 21 heavy (non-hydrogen) atoms. The van der Waals surface area contributed by atoms with Crippen molar-refractivity contribution in [2.45, 2.75) is 25.9 Å². The highest BCUT2D eigenvalue weighted by Crippen LogP contribution is 2.24. The normalized spacial score (nSPS) is 14.7. The Morgan fingerprint density at radius 3 is 2.71 bits per heavy atom. The monoisotopic (exact) mass is 290 g/mol. The number of methoxy groups -OCH3 is 1. The number of rotatable bonds is 8. The van der Waals surface area contributed by atoms with Gasteiger partial charge in [-0.3, -0.25) is 4.90 Å². The lowest BCUT2D eigenvalue weighted by atomic mass is 10.1. The van der Waals surface area contributed by atoms with Crippen molar-refractivity contribution in [2.24, 2.45) is 0 Å². The predicted octanol–water partition coefficient (Wildman–Crippen LogP) is 3.05. The van der Waals surface area contributed by atoms with Gasteiger partial charge in [0.1, 0.15) is 11.3 Å². The average Bonchev–Trinajstić information content (AvgIpc) is 2.92. The summed E-state index contributed by atoms with van der Waals surface area (Å²) in [6.07, 6.45) is 0. The molecule has 0 bridgehead atoms. The maximum atomic E-state index is 5.99. The van der Waals surface area contributed by atoms with Crippen molar-refractivity contribution in [1.29, 1.82) is 0 Å². The number of para-hydroxylation sites is 1. The molecule has 4 heteroatoms. The molecule has 0 radical (unpaired) electrons. The lowest BCUT2D eigenvalue weighted by Crippen LogP contribution is -2.41. The highest BCUT2D eigenvalue weighted by atomic mass is 16.5. The SMILES string of the molecule is CCN(CC(NC)c1cc2ccccc2o1)C(C)COC. The van der Waals surface area contributed by atoms with Gasteiger partial charge in [0.25, 0.3) is 0 Å². The molecule has 0 aliphatic heterocycles. The number of hydrogen-bond acceptors (Lipinski definition) is 4. The van der Waals surface area contributed by atoms with Gasteiger partial charge in [-0.1, -0.05) is 25.1 Å². The second-order valence-corrected chi connectivity index (χ2v) is 5.42. The van der Waals surface area contributed by atoms with Crippen LogP contribution in [0.1, 0.15) is 25.6 Å². The predicted molar refractivity (Wildman–Crippen MR) is 86.6 cm³/mol. The minimum Gasteiger partial charge on any atom is -0.459 e. The maximum absolute atomic E-state index is 5.99. The van der Waals surface area contributed by atoms with E-state index in [0.717, 1.165) is 36.4 Å². The summed E-state index contributed by atoms with van der Waals surface area (Å²) in [7, 11) is 3.73. The van der Waals surface area contributed by atoms with Crippen LogP contribution in [0.5, 0.6) is 0 Å². The lowest BCUT2D eigenvalue weighted by Gasteiger charge is -2.30. The molecule has 1 N–H and O–H groups in total. The van der Waals surface area contributed by atoms with Gasteiger partial charge in [-0.2, -0.15) is 0 Å². The molecule has 0 aliphatic carbocycles. The Labute approximate surface area is 127 Å². The zero-order chi connectivity index (χ0) is 15.2. The molecule has 1 heterocycles. The summed E-state index contributed by atoms with van der Waals surface area (Å²) in [5.74, 6) is 0.988. The average molecular weight is 290 g/mol.